The zero-order valence-corrected chi connectivity index (χ0v) is 12.5. The Balaban J connectivity index is 2.19. The van der Waals surface area contributed by atoms with Gasteiger partial charge in [-0.1, -0.05) is 0 Å². The van der Waals surface area contributed by atoms with Crippen LogP contribution >= 0.6 is 0 Å². The van der Waals surface area contributed by atoms with Gasteiger partial charge in [0.05, 0.1) is 18.6 Å². The third-order valence-electron chi connectivity index (χ3n) is 2.94. The molecule has 108 valence electrons. The minimum absolute atomic E-state index is 0.197. The molecule has 0 fully saturated rings. The standard InChI is InChI=1S/C14H17NO4S/c1-11-4-5-13(19-11)10-15(2)20(16,17)14-8-6-12(18-3)7-9-14/h4-9H,10H2,1-3H3. The summed E-state index contributed by atoms with van der Waals surface area (Å²) < 4.78 is 36.4. The van der Waals surface area contributed by atoms with Crippen molar-refractivity contribution < 1.29 is 17.6 Å². The van der Waals surface area contributed by atoms with Gasteiger partial charge in [0.25, 0.3) is 0 Å². The Hall–Kier alpha value is -1.79. The smallest absolute Gasteiger partial charge is 0.243 e. The lowest BCUT2D eigenvalue weighted by molar-refractivity contribution is 0.397. The second kappa shape index (κ2) is 5.68. The van der Waals surface area contributed by atoms with Crippen LogP contribution in [0.3, 0.4) is 0 Å². The van der Waals surface area contributed by atoms with Crippen molar-refractivity contribution in [2.45, 2.75) is 18.4 Å². The van der Waals surface area contributed by atoms with Crippen molar-refractivity contribution >= 4 is 10.0 Å². The number of furan rings is 1. The monoisotopic (exact) mass is 295 g/mol. The van der Waals surface area contributed by atoms with E-state index >= 15 is 0 Å². The largest absolute Gasteiger partial charge is 0.497 e. The molecule has 20 heavy (non-hydrogen) atoms. The van der Waals surface area contributed by atoms with Crippen LogP contribution in [-0.2, 0) is 16.6 Å². The third kappa shape index (κ3) is 3.02. The molecule has 1 aromatic heterocycles. The van der Waals surface area contributed by atoms with Crippen molar-refractivity contribution in [3.05, 3.63) is 47.9 Å². The summed E-state index contributed by atoms with van der Waals surface area (Å²) in [6.07, 6.45) is 0. The number of hydrogen-bond acceptors (Lipinski definition) is 4. The summed E-state index contributed by atoms with van der Waals surface area (Å²) in [5, 5.41) is 0. The quantitative estimate of drug-likeness (QED) is 0.850. The molecular weight excluding hydrogens is 278 g/mol. The number of sulfonamides is 1. The maximum absolute atomic E-state index is 12.4. The number of nitrogens with zero attached hydrogens (tertiary/aromatic N) is 1. The molecule has 0 aliphatic carbocycles. The fourth-order valence-electron chi connectivity index (χ4n) is 1.80. The summed E-state index contributed by atoms with van der Waals surface area (Å²) in [5.74, 6) is 1.99. The Labute approximate surface area is 118 Å². The van der Waals surface area contributed by atoms with Crippen molar-refractivity contribution in [3.63, 3.8) is 0 Å². The van der Waals surface area contributed by atoms with Crippen LogP contribution in [0, 0.1) is 6.92 Å². The Morgan fingerprint density at radius 1 is 1.15 bits per heavy atom. The number of methoxy groups -OCH3 is 1. The Morgan fingerprint density at radius 3 is 2.30 bits per heavy atom. The molecule has 0 bridgehead atoms. The first-order valence-corrected chi connectivity index (χ1v) is 7.53. The fraction of sp³-hybridized carbons (Fsp3) is 0.286. The summed E-state index contributed by atoms with van der Waals surface area (Å²) >= 11 is 0. The van der Waals surface area contributed by atoms with Crippen molar-refractivity contribution in [1.82, 2.24) is 4.31 Å². The van der Waals surface area contributed by atoms with Gasteiger partial charge in [0.1, 0.15) is 17.3 Å². The zero-order chi connectivity index (χ0) is 14.8. The molecule has 1 aromatic carbocycles. The van der Waals surface area contributed by atoms with E-state index in [1.54, 1.807) is 18.2 Å². The molecule has 0 saturated heterocycles. The zero-order valence-electron chi connectivity index (χ0n) is 11.7. The second-order valence-electron chi connectivity index (χ2n) is 4.45. The van der Waals surface area contributed by atoms with Crippen LogP contribution in [0.4, 0.5) is 0 Å². The minimum Gasteiger partial charge on any atom is -0.497 e. The van der Waals surface area contributed by atoms with Crippen molar-refractivity contribution in [1.29, 1.82) is 0 Å². The Morgan fingerprint density at radius 2 is 1.80 bits per heavy atom. The van der Waals surface area contributed by atoms with Crippen LogP contribution in [0.1, 0.15) is 11.5 Å². The van der Waals surface area contributed by atoms with Crippen molar-refractivity contribution in [3.8, 4) is 5.75 Å². The summed E-state index contributed by atoms with van der Waals surface area (Å²) in [6.45, 7) is 2.02. The SMILES string of the molecule is COc1ccc(S(=O)(=O)N(C)Cc2ccc(C)o2)cc1. The maximum Gasteiger partial charge on any atom is 0.243 e. The molecule has 0 saturated carbocycles. The lowest BCUT2D eigenvalue weighted by Gasteiger charge is -2.16. The van der Waals surface area contributed by atoms with Crippen LogP contribution in [-0.4, -0.2) is 26.9 Å². The molecule has 1 heterocycles. The number of benzene rings is 1. The molecule has 5 nitrogen and oxygen atoms in total. The van der Waals surface area contributed by atoms with Crippen molar-refractivity contribution in [2.75, 3.05) is 14.2 Å². The summed E-state index contributed by atoms with van der Waals surface area (Å²) in [6, 6.07) is 9.88. The van der Waals surface area contributed by atoms with Crippen LogP contribution in [0.2, 0.25) is 0 Å². The van der Waals surface area contributed by atoms with E-state index in [1.807, 2.05) is 13.0 Å². The topological polar surface area (TPSA) is 59.8 Å². The molecule has 0 atom stereocenters. The molecule has 2 aromatic rings. The van der Waals surface area contributed by atoms with Gasteiger partial charge in [0.2, 0.25) is 10.0 Å². The van der Waals surface area contributed by atoms with Gasteiger partial charge >= 0.3 is 0 Å². The first-order valence-electron chi connectivity index (χ1n) is 6.09. The van der Waals surface area contributed by atoms with Crippen LogP contribution in [0.5, 0.6) is 5.75 Å². The number of hydrogen-bond donors (Lipinski definition) is 0. The lowest BCUT2D eigenvalue weighted by atomic mass is 10.3. The van der Waals surface area contributed by atoms with E-state index < -0.39 is 10.0 Å². The highest BCUT2D eigenvalue weighted by Gasteiger charge is 2.21. The number of rotatable bonds is 5. The van der Waals surface area contributed by atoms with Crippen molar-refractivity contribution in [2.24, 2.45) is 0 Å². The van der Waals surface area contributed by atoms with E-state index in [0.717, 1.165) is 5.76 Å². The molecule has 6 heteroatoms. The molecule has 0 aliphatic rings. The van der Waals surface area contributed by atoms with Crippen LogP contribution in [0.15, 0.2) is 45.7 Å². The highest BCUT2D eigenvalue weighted by atomic mass is 32.2. The van der Waals surface area contributed by atoms with E-state index in [1.165, 1.54) is 30.6 Å². The van der Waals surface area contributed by atoms with Gasteiger partial charge in [0.15, 0.2) is 0 Å². The van der Waals surface area contributed by atoms with Gasteiger partial charge in [0, 0.05) is 7.05 Å². The van der Waals surface area contributed by atoms with Gasteiger partial charge in [-0.15, -0.1) is 0 Å². The van der Waals surface area contributed by atoms with E-state index in [4.69, 9.17) is 9.15 Å². The average Bonchev–Trinajstić information content (AvgIpc) is 2.84. The normalized spacial score (nSPS) is 11.8. The van der Waals surface area contributed by atoms with Gasteiger partial charge < -0.3 is 9.15 Å². The van der Waals surface area contributed by atoms with E-state index in [0.29, 0.717) is 11.5 Å². The number of aryl methyl sites for hydroxylation is 1. The van der Waals surface area contributed by atoms with Crippen LogP contribution < -0.4 is 4.74 Å². The van der Waals surface area contributed by atoms with Gasteiger partial charge in [-0.25, -0.2) is 8.42 Å². The first-order chi connectivity index (χ1) is 9.43. The highest BCUT2D eigenvalue weighted by Crippen LogP contribution is 2.20. The fourth-order valence-corrected chi connectivity index (χ4v) is 2.94. The molecule has 0 spiro atoms. The second-order valence-corrected chi connectivity index (χ2v) is 6.49. The maximum atomic E-state index is 12.4. The van der Waals surface area contributed by atoms with Gasteiger partial charge in [-0.2, -0.15) is 4.31 Å². The molecule has 0 N–H and O–H groups in total. The van der Waals surface area contributed by atoms with Gasteiger partial charge in [-0.05, 0) is 43.3 Å². The molecule has 0 unspecified atom stereocenters. The third-order valence-corrected chi connectivity index (χ3v) is 4.76. The Bertz CT molecular complexity index is 673. The average molecular weight is 295 g/mol. The minimum atomic E-state index is -3.54. The van der Waals surface area contributed by atoms with E-state index in [-0.39, 0.29) is 11.4 Å². The molecule has 0 amide bonds. The first kappa shape index (κ1) is 14.6. The number of ether oxygens (including phenoxy) is 1. The van der Waals surface area contributed by atoms with Crippen LogP contribution in [0.25, 0.3) is 0 Å². The lowest BCUT2D eigenvalue weighted by Crippen LogP contribution is -2.26. The summed E-state index contributed by atoms with van der Waals surface area (Å²) in [4.78, 5) is 0.226. The predicted molar refractivity (Wildman–Crippen MR) is 75.1 cm³/mol. The molecule has 0 radical (unpaired) electrons. The molecule has 2 rings (SSSR count). The summed E-state index contributed by atoms with van der Waals surface area (Å²) in [7, 11) is -0.473. The highest BCUT2D eigenvalue weighted by molar-refractivity contribution is 7.89. The van der Waals surface area contributed by atoms with E-state index in [9.17, 15) is 8.42 Å². The Kier molecular flexibility index (Phi) is 4.15. The molecular formula is C14H17NO4S. The molecule has 0 aliphatic heterocycles. The van der Waals surface area contributed by atoms with Gasteiger partial charge in [-0.3, -0.25) is 0 Å². The predicted octanol–water partition coefficient (Wildman–Crippen LogP) is 2.42. The summed E-state index contributed by atoms with van der Waals surface area (Å²) in [5.41, 5.74) is 0. The van der Waals surface area contributed by atoms with E-state index in [2.05, 4.69) is 0 Å².